The summed E-state index contributed by atoms with van der Waals surface area (Å²) < 4.78 is 0. The SMILES string of the molecule is CN(C)C(=O)C1CCN(C(=O)Cc2ccc(Cl)c(Cl)c2)CC1. The average molecular weight is 343 g/mol. The first-order valence-corrected chi connectivity index (χ1v) is 8.07. The topological polar surface area (TPSA) is 40.6 Å². The standard InChI is InChI=1S/C16H20Cl2N2O2/c1-19(2)16(22)12-5-7-20(8-6-12)15(21)10-11-3-4-13(17)14(18)9-11/h3-4,9,12H,5-8,10H2,1-2H3. The van der Waals surface area contributed by atoms with Crippen LogP contribution < -0.4 is 0 Å². The smallest absolute Gasteiger partial charge is 0.226 e. The molecule has 2 rings (SSSR count). The highest BCUT2D eigenvalue weighted by atomic mass is 35.5. The van der Waals surface area contributed by atoms with E-state index in [1.165, 1.54) is 0 Å². The number of likely N-dealkylation sites (tertiary alicyclic amines) is 1. The molecule has 0 bridgehead atoms. The monoisotopic (exact) mass is 342 g/mol. The Hall–Kier alpha value is -1.26. The fourth-order valence-corrected chi connectivity index (χ4v) is 3.00. The Balaban J connectivity index is 1.89. The van der Waals surface area contributed by atoms with Crippen LogP contribution in [0.1, 0.15) is 18.4 Å². The first-order chi connectivity index (χ1) is 10.4. The van der Waals surface area contributed by atoms with Crippen LogP contribution in [0, 0.1) is 5.92 Å². The van der Waals surface area contributed by atoms with Crippen LogP contribution in [-0.4, -0.2) is 48.8 Å². The molecule has 120 valence electrons. The summed E-state index contributed by atoms with van der Waals surface area (Å²) in [4.78, 5) is 27.7. The molecule has 1 heterocycles. The van der Waals surface area contributed by atoms with E-state index >= 15 is 0 Å². The summed E-state index contributed by atoms with van der Waals surface area (Å²) in [5.41, 5.74) is 0.853. The highest BCUT2D eigenvalue weighted by Crippen LogP contribution is 2.24. The summed E-state index contributed by atoms with van der Waals surface area (Å²) in [6, 6.07) is 5.24. The van der Waals surface area contributed by atoms with Crippen LogP contribution in [0.25, 0.3) is 0 Å². The van der Waals surface area contributed by atoms with E-state index in [0.29, 0.717) is 29.6 Å². The van der Waals surface area contributed by atoms with Gasteiger partial charge in [0, 0.05) is 33.1 Å². The molecule has 0 unspecified atom stereocenters. The molecule has 1 fully saturated rings. The van der Waals surface area contributed by atoms with Gasteiger partial charge < -0.3 is 9.80 Å². The Morgan fingerprint density at radius 1 is 1.18 bits per heavy atom. The van der Waals surface area contributed by atoms with Gasteiger partial charge in [-0.3, -0.25) is 9.59 Å². The third-order valence-electron chi connectivity index (χ3n) is 3.98. The number of hydrogen-bond acceptors (Lipinski definition) is 2. The zero-order chi connectivity index (χ0) is 16.3. The van der Waals surface area contributed by atoms with Crippen LogP contribution in [0.2, 0.25) is 10.0 Å². The van der Waals surface area contributed by atoms with E-state index in [1.54, 1.807) is 31.1 Å². The van der Waals surface area contributed by atoms with Crippen LogP contribution >= 0.6 is 23.2 Å². The minimum atomic E-state index is 0.0315. The van der Waals surface area contributed by atoms with Crippen molar-refractivity contribution < 1.29 is 9.59 Å². The lowest BCUT2D eigenvalue weighted by Crippen LogP contribution is -2.43. The lowest BCUT2D eigenvalue weighted by molar-refractivity contribution is -0.138. The van der Waals surface area contributed by atoms with Gasteiger partial charge in [0.1, 0.15) is 0 Å². The summed E-state index contributed by atoms with van der Waals surface area (Å²) in [5.74, 6) is 0.245. The van der Waals surface area contributed by atoms with E-state index in [1.807, 2.05) is 11.0 Å². The molecule has 0 spiro atoms. The van der Waals surface area contributed by atoms with Crippen molar-refractivity contribution in [3.8, 4) is 0 Å². The number of carbonyl (C=O) groups is 2. The molecule has 6 heteroatoms. The summed E-state index contributed by atoms with van der Waals surface area (Å²) >= 11 is 11.8. The highest BCUT2D eigenvalue weighted by Gasteiger charge is 2.28. The number of rotatable bonds is 3. The maximum Gasteiger partial charge on any atom is 0.226 e. The molecular formula is C16H20Cl2N2O2. The summed E-state index contributed by atoms with van der Waals surface area (Å²) in [6.45, 7) is 1.26. The molecule has 2 amide bonds. The van der Waals surface area contributed by atoms with Gasteiger partial charge in [-0.2, -0.15) is 0 Å². The lowest BCUT2D eigenvalue weighted by Gasteiger charge is -2.32. The molecule has 4 nitrogen and oxygen atoms in total. The van der Waals surface area contributed by atoms with Gasteiger partial charge in [-0.25, -0.2) is 0 Å². The molecule has 0 aromatic heterocycles. The minimum absolute atomic E-state index is 0.0315. The number of amides is 2. The number of nitrogens with zero attached hydrogens (tertiary/aromatic N) is 2. The minimum Gasteiger partial charge on any atom is -0.349 e. The quantitative estimate of drug-likeness (QED) is 0.847. The Labute approximate surface area is 141 Å². The molecular weight excluding hydrogens is 323 g/mol. The number of carbonyl (C=O) groups excluding carboxylic acids is 2. The van der Waals surface area contributed by atoms with Gasteiger partial charge >= 0.3 is 0 Å². The predicted octanol–water partition coefficient (Wildman–Crippen LogP) is 2.86. The second kappa shape index (κ2) is 7.34. The maximum absolute atomic E-state index is 12.3. The van der Waals surface area contributed by atoms with E-state index in [2.05, 4.69) is 0 Å². The van der Waals surface area contributed by atoms with Crippen molar-refractivity contribution in [2.75, 3.05) is 27.2 Å². The number of piperidine rings is 1. The van der Waals surface area contributed by atoms with E-state index in [9.17, 15) is 9.59 Å². The van der Waals surface area contributed by atoms with Gasteiger partial charge in [0.05, 0.1) is 16.5 Å². The zero-order valence-corrected chi connectivity index (χ0v) is 14.3. The van der Waals surface area contributed by atoms with Crippen LogP contribution in [0.15, 0.2) is 18.2 Å². The number of halogens is 2. The molecule has 0 atom stereocenters. The second-order valence-electron chi connectivity index (χ2n) is 5.81. The van der Waals surface area contributed by atoms with Crippen LogP contribution in [0.4, 0.5) is 0 Å². The van der Waals surface area contributed by atoms with Crippen molar-refractivity contribution in [1.82, 2.24) is 9.80 Å². The van der Waals surface area contributed by atoms with Crippen LogP contribution in [0.3, 0.4) is 0 Å². The van der Waals surface area contributed by atoms with Crippen LogP contribution in [0.5, 0.6) is 0 Å². The van der Waals surface area contributed by atoms with Crippen molar-refractivity contribution in [1.29, 1.82) is 0 Å². The van der Waals surface area contributed by atoms with Gasteiger partial charge in [-0.1, -0.05) is 29.3 Å². The Morgan fingerprint density at radius 2 is 1.82 bits per heavy atom. The van der Waals surface area contributed by atoms with E-state index in [4.69, 9.17) is 23.2 Å². The normalized spacial score (nSPS) is 15.7. The second-order valence-corrected chi connectivity index (χ2v) is 6.63. The van der Waals surface area contributed by atoms with Gasteiger partial charge in [0.2, 0.25) is 11.8 Å². The molecule has 1 aliphatic heterocycles. The number of benzene rings is 1. The first-order valence-electron chi connectivity index (χ1n) is 7.31. The molecule has 0 radical (unpaired) electrons. The van der Waals surface area contributed by atoms with E-state index in [-0.39, 0.29) is 17.7 Å². The van der Waals surface area contributed by atoms with Crippen molar-refractivity contribution in [3.63, 3.8) is 0 Å². The molecule has 0 N–H and O–H groups in total. The number of hydrogen-bond donors (Lipinski definition) is 0. The predicted molar refractivity (Wildman–Crippen MR) is 88.2 cm³/mol. The average Bonchev–Trinajstić information content (AvgIpc) is 2.50. The van der Waals surface area contributed by atoms with Gasteiger partial charge in [0.15, 0.2) is 0 Å². The third-order valence-corrected chi connectivity index (χ3v) is 4.72. The molecule has 22 heavy (non-hydrogen) atoms. The summed E-state index contributed by atoms with van der Waals surface area (Å²) in [6.07, 6.45) is 1.76. The Bertz CT molecular complexity index is 567. The van der Waals surface area contributed by atoms with Crippen LogP contribution in [-0.2, 0) is 16.0 Å². The van der Waals surface area contributed by atoms with E-state index < -0.39 is 0 Å². The third kappa shape index (κ3) is 4.14. The molecule has 1 aromatic rings. The molecule has 0 saturated carbocycles. The highest BCUT2D eigenvalue weighted by molar-refractivity contribution is 6.42. The fraction of sp³-hybridized carbons (Fsp3) is 0.500. The van der Waals surface area contributed by atoms with Gasteiger partial charge in [0.25, 0.3) is 0 Å². The lowest BCUT2D eigenvalue weighted by atomic mass is 9.95. The Morgan fingerprint density at radius 3 is 2.36 bits per heavy atom. The van der Waals surface area contributed by atoms with Gasteiger partial charge in [-0.05, 0) is 30.5 Å². The molecule has 1 aromatic carbocycles. The fourth-order valence-electron chi connectivity index (χ4n) is 2.68. The molecule has 0 aliphatic carbocycles. The maximum atomic E-state index is 12.3. The van der Waals surface area contributed by atoms with Crippen molar-refractivity contribution in [2.24, 2.45) is 5.92 Å². The van der Waals surface area contributed by atoms with Gasteiger partial charge in [-0.15, -0.1) is 0 Å². The van der Waals surface area contributed by atoms with Crippen molar-refractivity contribution in [2.45, 2.75) is 19.3 Å². The zero-order valence-electron chi connectivity index (χ0n) is 12.8. The molecule has 1 aliphatic rings. The van der Waals surface area contributed by atoms with Crippen molar-refractivity contribution in [3.05, 3.63) is 33.8 Å². The summed E-state index contributed by atoms with van der Waals surface area (Å²) in [7, 11) is 3.54. The van der Waals surface area contributed by atoms with Crippen molar-refractivity contribution >= 4 is 35.0 Å². The molecule has 1 saturated heterocycles. The first kappa shape index (κ1) is 17.1. The Kier molecular flexibility index (Phi) is 5.70. The van der Waals surface area contributed by atoms with E-state index in [0.717, 1.165) is 18.4 Å². The largest absolute Gasteiger partial charge is 0.349 e. The summed E-state index contributed by atoms with van der Waals surface area (Å²) in [5, 5.41) is 0.947.